The van der Waals surface area contributed by atoms with Crippen LogP contribution in [0, 0.1) is 5.92 Å². The SMILES string of the molecule is CCC(I)CC(=O)OCCCCC(CC)COC(=O)CC(I)CC. The maximum atomic E-state index is 11.7. The van der Waals surface area contributed by atoms with Gasteiger partial charge in [0.05, 0.1) is 26.1 Å². The van der Waals surface area contributed by atoms with Gasteiger partial charge in [0.25, 0.3) is 0 Å². The van der Waals surface area contributed by atoms with Crippen molar-refractivity contribution in [3.63, 3.8) is 0 Å². The van der Waals surface area contributed by atoms with Crippen LogP contribution in [0.5, 0.6) is 0 Å². The lowest BCUT2D eigenvalue weighted by Gasteiger charge is -2.16. The van der Waals surface area contributed by atoms with E-state index < -0.39 is 0 Å². The van der Waals surface area contributed by atoms with Crippen molar-refractivity contribution in [3.8, 4) is 0 Å². The van der Waals surface area contributed by atoms with Gasteiger partial charge in [-0.1, -0.05) is 72.4 Å². The van der Waals surface area contributed by atoms with Gasteiger partial charge in [0, 0.05) is 7.85 Å². The van der Waals surface area contributed by atoms with E-state index in [4.69, 9.17) is 9.47 Å². The molecule has 0 aromatic heterocycles. The Labute approximate surface area is 174 Å². The molecule has 0 bridgehead atoms. The first-order chi connectivity index (χ1) is 11.4. The van der Waals surface area contributed by atoms with Crippen LogP contribution in [0.25, 0.3) is 0 Å². The van der Waals surface area contributed by atoms with Crippen LogP contribution < -0.4 is 0 Å². The van der Waals surface area contributed by atoms with Crippen LogP contribution in [-0.2, 0) is 19.1 Å². The molecule has 3 unspecified atom stereocenters. The van der Waals surface area contributed by atoms with Crippen molar-refractivity contribution >= 4 is 57.1 Å². The molecule has 0 aromatic carbocycles. The van der Waals surface area contributed by atoms with Crippen LogP contribution in [0.4, 0.5) is 0 Å². The summed E-state index contributed by atoms with van der Waals surface area (Å²) >= 11 is 4.57. The largest absolute Gasteiger partial charge is 0.466 e. The third-order valence-electron chi connectivity index (χ3n) is 3.99. The van der Waals surface area contributed by atoms with Crippen LogP contribution in [0.1, 0.15) is 72.1 Å². The molecule has 0 aromatic rings. The number of halogens is 2. The molecule has 0 rings (SSSR count). The summed E-state index contributed by atoms with van der Waals surface area (Å²) in [5.41, 5.74) is 0. The zero-order chi connectivity index (χ0) is 18.4. The lowest BCUT2D eigenvalue weighted by Crippen LogP contribution is -2.16. The number of hydrogen-bond donors (Lipinski definition) is 0. The molecule has 142 valence electrons. The minimum Gasteiger partial charge on any atom is -0.466 e. The Balaban J connectivity index is 3.75. The van der Waals surface area contributed by atoms with Crippen LogP contribution >= 0.6 is 45.2 Å². The number of esters is 2. The Bertz CT molecular complexity index is 350. The van der Waals surface area contributed by atoms with Crippen molar-refractivity contribution in [2.75, 3.05) is 13.2 Å². The van der Waals surface area contributed by atoms with Crippen molar-refractivity contribution in [3.05, 3.63) is 0 Å². The van der Waals surface area contributed by atoms with Crippen molar-refractivity contribution in [1.29, 1.82) is 0 Å². The number of hydrogen-bond acceptors (Lipinski definition) is 4. The summed E-state index contributed by atoms with van der Waals surface area (Å²) in [6, 6.07) is 0. The van der Waals surface area contributed by atoms with E-state index in [1.807, 2.05) is 0 Å². The summed E-state index contributed by atoms with van der Waals surface area (Å²) in [4.78, 5) is 23.3. The van der Waals surface area contributed by atoms with E-state index in [-0.39, 0.29) is 11.9 Å². The summed E-state index contributed by atoms with van der Waals surface area (Å²) in [5, 5.41) is 0. The second-order valence-corrected chi connectivity index (χ2v) is 9.62. The van der Waals surface area contributed by atoms with Crippen LogP contribution in [0.3, 0.4) is 0 Å². The van der Waals surface area contributed by atoms with E-state index >= 15 is 0 Å². The molecule has 0 spiro atoms. The summed E-state index contributed by atoms with van der Waals surface area (Å²) < 4.78 is 11.4. The maximum absolute atomic E-state index is 11.7. The zero-order valence-corrected chi connectivity index (χ0v) is 19.5. The van der Waals surface area contributed by atoms with Crippen LogP contribution in [0.2, 0.25) is 0 Å². The fourth-order valence-electron chi connectivity index (χ4n) is 2.11. The monoisotopic (exact) mass is 566 g/mol. The first-order valence-electron chi connectivity index (χ1n) is 9.02. The van der Waals surface area contributed by atoms with E-state index in [0.717, 1.165) is 38.5 Å². The van der Waals surface area contributed by atoms with Crippen molar-refractivity contribution < 1.29 is 19.1 Å². The normalized spacial score (nSPS) is 14.7. The zero-order valence-electron chi connectivity index (χ0n) is 15.2. The summed E-state index contributed by atoms with van der Waals surface area (Å²) in [6.45, 7) is 7.28. The first-order valence-corrected chi connectivity index (χ1v) is 11.5. The van der Waals surface area contributed by atoms with E-state index in [9.17, 15) is 9.59 Å². The molecule has 0 aliphatic carbocycles. The Morgan fingerprint density at radius 1 is 0.833 bits per heavy atom. The molecule has 0 saturated heterocycles. The molecule has 0 radical (unpaired) electrons. The molecular formula is C18H32I2O4. The molecule has 0 fully saturated rings. The molecule has 6 heteroatoms. The minimum absolute atomic E-state index is 0.0899. The fraction of sp³-hybridized carbons (Fsp3) is 0.889. The average Bonchev–Trinajstić information content (AvgIpc) is 2.56. The summed E-state index contributed by atoms with van der Waals surface area (Å²) in [6.07, 6.45) is 6.85. The van der Waals surface area contributed by atoms with Crippen molar-refractivity contribution in [2.24, 2.45) is 5.92 Å². The van der Waals surface area contributed by atoms with Gasteiger partial charge in [-0.05, 0) is 38.0 Å². The highest BCUT2D eigenvalue weighted by molar-refractivity contribution is 14.1. The topological polar surface area (TPSA) is 52.6 Å². The molecule has 3 atom stereocenters. The average molecular weight is 566 g/mol. The molecule has 0 saturated carbocycles. The van der Waals surface area contributed by atoms with Gasteiger partial charge in [-0.25, -0.2) is 0 Å². The van der Waals surface area contributed by atoms with Gasteiger partial charge in [-0.3, -0.25) is 9.59 Å². The van der Waals surface area contributed by atoms with Crippen LogP contribution in [0.15, 0.2) is 0 Å². The van der Waals surface area contributed by atoms with Gasteiger partial charge in [-0.15, -0.1) is 0 Å². The molecule has 0 aliphatic rings. The lowest BCUT2D eigenvalue weighted by atomic mass is 10.0. The number of carbonyl (C=O) groups excluding carboxylic acids is 2. The lowest BCUT2D eigenvalue weighted by molar-refractivity contribution is -0.145. The number of alkyl halides is 2. The highest BCUT2D eigenvalue weighted by Gasteiger charge is 2.14. The quantitative estimate of drug-likeness (QED) is 0.121. The highest BCUT2D eigenvalue weighted by atomic mass is 127. The fourth-order valence-corrected chi connectivity index (χ4v) is 2.82. The summed E-state index contributed by atoms with van der Waals surface area (Å²) in [5.74, 6) is 0.215. The van der Waals surface area contributed by atoms with E-state index in [1.165, 1.54) is 0 Å². The third kappa shape index (κ3) is 13.7. The van der Waals surface area contributed by atoms with Crippen molar-refractivity contribution in [2.45, 2.75) is 80.0 Å². The number of carbonyl (C=O) groups is 2. The van der Waals surface area contributed by atoms with Gasteiger partial charge < -0.3 is 9.47 Å². The van der Waals surface area contributed by atoms with E-state index in [2.05, 4.69) is 66.0 Å². The Morgan fingerprint density at radius 3 is 1.88 bits per heavy atom. The molecule has 0 heterocycles. The van der Waals surface area contributed by atoms with E-state index in [0.29, 0.717) is 39.8 Å². The van der Waals surface area contributed by atoms with E-state index in [1.54, 1.807) is 0 Å². The number of ether oxygens (including phenoxy) is 2. The molecule has 4 nitrogen and oxygen atoms in total. The Hall–Kier alpha value is 0.400. The van der Waals surface area contributed by atoms with Gasteiger partial charge in [0.1, 0.15) is 0 Å². The maximum Gasteiger partial charge on any atom is 0.306 e. The third-order valence-corrected chi connectivity index (χ3v) is 6.63. The number of unbranched alkanes of at least 4 members (excludes halogenated alkanes) is 1. The number of rotatable bonds is 14. The highest BCUT2D eigenvalue weighted by Crippen LogP contribution is 2.16. The molecule has 0 aliphatic heterocycles. The Morgan fingerprint density at radius 2 is 1.38 bits per heavy atom. The van der Waals surface area contributed by atoms with Crippen molar-refractivity contribution in [1.82, 2.24) is 0 Å². The standard InChI is InChI=1S/C18H32I2O4/c1-4-14(13-24-18(22)12-16(20)6-3)9-7-8-10-23-17(21)11-15(19)5-2/h14-16H,4-13H2,1-3H3. The van der Waals surface area contributed by atoms with Gasteiger partial charge >= 0.3 is 11.9 Å². The first kappa shape index (κ1) is 24.4. The van der Waals surface area contributed by atoms with Gasteiger partial charge in [0.2, 0.25) is 0 Å². The van der Waals surface area contributed by atoms with Crippen LogP contribution in [-0.4, -0.2) is 33.0 Å². The molecule has 24 heavy (non-hydrogen) atoms. The predicted octanol–water partition coefficient (Wildman–Crippen LogP) is 5.48. The molecule has 0 N–H and O–H groups in total. The van der Waals surface area contributed by atoms with Gasteiger partial charge in [-0.2, -0.15) is 0 Å². The molecule has 0 amide bonds. The minimum atomic E-state index is -0.0958. The summed E-state index contributed by atoms with van der Waals surface area (Å²) in [7, 11) is 0. The second-order valence-electron chi connectivity index (χ2n) is 6.09. The van der Waals surface area contributed by atoms with Gasteiger partial charge in [0.15, 0.2) is 0 Å². The second kappa shape index (κ2) is 15.6. The predicted molar refractivity (Wildman–Crippen MR) is 115 cm³/mol. The smallest absolute Gasteiger partial charge is 0.306 e. The Kier molecular flexibility index (Phi) is 15.9. The molecular weight excluding hydrogens is 534 g/mol.